The third kappa shape index (κ3) is 3.88. The Morgan fingerprint density at radius 3 is 2.52 bits per heavy atom. The number of benzene rings is 1. The maximum atomic E-state index is 13.7. The highest BCUT2D eigenvalue weighted by Crippen LogP contribution is 2.34. The van der Waals surface area contributed by atoms with Crippen molar-refractivity contribution in [1.29, 1.82) is 0 Å². The summed E-state index contributed by atoms with van der Waals surface area (Å²) in [5.74, 6) is -2.05. The van der Waals surface area contributed by atoms with Gasteiger partial charge in [0.15, 0.2) is 0 Å². The van der Waals surface area contributed by atoms with Crippen LogP contribution in [0.15, 0.2) is 18.2 Å². The van der Waals surface area contributed by atoms with Crippen molar-refractivity contribution in [3.8, 4) is 0 Å². The SMILES string of the molecule is CCC1(CO)CCN(C(=O)C(=O)Nc2ccc(C)cc2F)CC1. The van der Waals surface area contributed by atoms with Crippen molar-refractivity contribution in [2.24, 2.45) is 5.41 Å². The van der Waals surface area contributed by atoms with Gasteiger partial charge >= 0.3 is 11.8 Å². The molecular formula is C17H23FN2O3. The zero-order valence-corrected chi connectivity index (χ0v) is 13.6. The molecule has 1 aliphatic rings. The molecule has 0 unspecified atom stereocenters. The second-order valence-electron chi connectivity index (χ2n) is 6.24. The summed E-state index contributed by atoms with van der Waals surface area (Å²) >= 11 is 0. The molecule has 1 aromatic rings. The van der Waals surface area contributed by atoms with E-state index in [2.05, 4.69) is 5.32 Å². The lowest BCUT2D eigenvalue weighted by Crippen LogP contribution is -2.48. The molecule has 0 spiro atoms. The minimum atomic E-state index is -0.833. The van der Waals surface area contributed by atoms with Crippen molar-refractivity contribution >= 4 is 17.5 Å². The van der Waals surface area contributed by atoms with Gasteiger partial charge in [-0.25, -0.2) is 4.39 Å². The number of carbonyl (C=O) groups excluding carboxylic acids is 2. The number of nitrogens with one attached hydrogen (secondary N) is 1. The predicted octanol–water partition coefficient (Wildman–Crippen LogP) is 2.08. The Kier molecular flexibility index (Phi) is 5.36. The average Bonchev–Trinajstić information content (AvgIpc) is 2.56. The first-order chi connectivity index (χ1) is 10.9. The molecular weight excluding hydrogens is 299 g/mol. The van der Waals surface area contributed by atoms with E-state index in [1.807, 2.05) is 6.92 Å². The third-order valence-electron chi connectivity index (χ3n) is 4.76. The van der Waals surface area contributed by atoms with Crippen LogP contribution in [0.3, 0.4) is 0 Å². The molecule has 126 valence electrons. The number of aryl methyl sites for hydroxylation is 1. The van der Waals surface area contributed by atoms with Crippen LogP contribution in [-0.4, -0.2) is 41.5 Å². The number of nitrogens with zero attached hydrogens (tertiary/aromatic N) is 1. The van der Waals surface area contributed by atoms with Crippen LogP contribution in [0.1, 0.15) is 31.7 Å². The van der Waals surface area contributed by atoms with E-state index in [0.29, 0.717) is 25.9 Å². The summed E-state index contributed by atoms with van der Waals surface area (Å²) in [7, 11) is 0. The third-order valence-corrected chi connectivity index (χ3v) is 4.76. The van der Waals surface area contributed by atoms with Crippen LogP contribution < -0.4 is 5.32 Å². The van der Waals surface area contributed by atoms with Gasteiger partial charge in [-0.1, -0.05) is 13.0 Å². The van der Waals surface area contributed by atoms with E-state index < -0.39 is 17.6 Å². The number of aliphatic hydroxyl groups is 1. The number of rotatable bonds is 3. The molecule has 1 aromatic carbocycles. The molecule has 2 amide bonds. The molecule has 1 aliphatic heterocycles. The normalized spacial score (nSPS) is 17.0. The van der Waals surface area contributed by atoms with Crippen molar-refractivity contribution in [3.05, 3.63) is 29.6 Å². The number of amides is 2. The number of likely N-dealkylation sites (tertiary alicyclic amines) is 1. The van der Waals surface area contributed by atoms with Crippen molar-refractivity contribution in [2.45, 2.75) is 33.1 Å². The summed E-state index contributed by atoms with van der Waals surface area (Å²) in [4.78, 5) is 25.7. The van der Waals surface area contributed by atoms with Gasteiger partial charge in [-0.2, -0.15) is 0 Å². The van der Waals surface area contributed by atoms with E-state index in [1.54, 1.807) is 13.0 Å². The van der Waals surface area contributed by atoms with Gasteiger partial charge in [0.1, 0.15) is 5.82 Å². The minimum absolute atomic E-state index is 0.00391. The predicted molar refractivity (Wildman–Crippen MR) is 85.4 cm³/mol. The van der Waals surface area contributed by atoms with E-state index in [0.717, 1.165) is 12.0 Å². The summed E-state index contributed by atoms with van der Waals surface area (Å²) in [5.41, 5.74) is 0.586. The highest BCUT2D eigenvalue weighted by Gasteiger charge is 2.35. The smallest absolute Gasteiger partial charge is 0.313 e. The average molecular weight is 322 g/mol. The zero-order valence-electron chi connectivity index (χ0n) is 13.6. The standard InChI is InChI=1S/C17H23FN2O3/c1-3-17(11-21)6-8-20(9-7-17)16(23)15(22)19-14-5-4-12(2)10-13(14)18/h4-5,10,21H,3,6-9,11H2,1-2H3,(H,19,22). The number of hydrogen-bond acceptors (Lipinski definition) is 3. The minimum Gasteiger partial charge on any atom is -0.396 e. The lowest BCUT2D eigenvalue weighted by Gasteiger charge is -2.39. The number of hydrogen-bond donors (Lipinski definition) is 2. The largest absolute Gasteiger partial charge is 0.396 e. The Balaban J connectivity index is 1.97. The summed E-state index contributed by atoms with van der Waals surface area (Å²) in [5, 5.41) is 11.8. The maximum Gasteiger partial charge on any atom is 0.313 e. The van der Waals surface area contributed by atoms with Gasteiger partial charge in [0, 0.05) is 19.7 Å². The first kappa shape index (κ1) is 17.4. The second-order valence-corrected chi connectivity index (χ2v) is 6.24. The van der Waals surface area contributed by atoms with Crippen LogP contribution in [-0.2, 0) is 9.59 Å². The quantitative estimate of drug-likeness (QED) is 0.837. The fourth-order valence-corrected chi connectivity index (χ4v) is 2.85. The maximum absolute atomic E-state index is 13.7. The lowest BCUT2D eigenvalue weighted by molar-refractivity contribution is -0.145. The number of halogens is 1. The van der Waals surface area contributed by atoms with Crippen LogP contribution in [0.25, 0.3) is 0 Å². The molecule has 1 fully saturated rings. The van der Waals surface area contributed by atoms with Crippen LogP contribution in [0, 0.1) is 18.2 Å². The molecule has 2 rings (SSSR count). The molecule has 0 aliphatic carbocycles. The topological polar surface area (TPSA) is 69.6 Å². The monoisotopic (exact) mass is 322 g/mol. The van der Waals surface area contributed by atoms with E-state index in [1.165, 1.54) is 17.0 Å². The molecule has 0 radical (unpaired) electrons. The molecule has 2 N–H and O–H groups in total. The molecule has 5 nitrogen and oxygen atoms in total. The fourth-order valence-electron chi connectivity index (χ4n) is 2.85. The Morgan fingerprint density at radius 2 is 2.00 bits per heavy atom. The zero-order chi connectivity index (χ0) is 17.0. The molecule has 1 saturated heterocycles. The molecule has 0 saturated carbocycles. The van der Waals surface area contributed by atoms with Crippen molar-refractivity contribution in [2.75, 3.05) is 25.0 Å². The Morgan fingerprint density at radius 1 is 1.35 bits per heavy atom. The van der Waals surface area contributed by atoms with E-state index in [-0.39, 0.29) is 17.7 Å². The highest BCUT2D eigenvalue weighted by molar-refractivity contribution is 6.39. The first-order valence-electron chi connectivity index (χ1n) is 7.88. The summed E-state index contributed by atoms with van der Waals surface area (Å²) in [6, 6.07) is 4.42. The molecule has 6 heteroatoms. The summed E-state index contributed by atoms with van der Waals surface area (Å²) in [6.07, 6.45) is 2.17. The van der Waals surface area contributed by atoms with Crippen LogP contribution >= 0.6 is 0 Å². The first-order valence-corrected chi connectivity index (χ1v) is 7.88. The number of carbonyl (C=O) groups is 2. The Bertz CT molecular complexity index is 590. The molecule has 23 heavy (non-hydrogen) atoms. The number of anilines is 1. The number of aliphatic hydroxyl groups excluding tert-OH is 1. The van der Waals surface area contributed by atoms with Gasteiger partial charge in [0.05, 0.1) is 5.69 Å². The lowest BCUT2D eigenvalue weighted by atomic mass is 9.77. The van der Waals surface area contributed by atoms with Gasteiger partial charge in [-0.05, 0) is 49.3 Å². The summed E-state index contributed by atoms with van der Waals surface area (Å²) in [6.45, 7) is 4.70. The molecule has 0 aromatic heterocycles. The number of piperidine rings is 1. The highest BCUT2D eigenvalue weighted by atomic mass is 19.1. The van der Waals surface area contributed by atoms with Gasteiger partial charge < -0.3 is 15.3 Å². The van der Waals surface area contributed by atoms with Gasteiger partial charge in [-0.3, -0.25) is 9.59 Å². The van der Waals surface area contributed by atoms with E-state index in [4.69, 9.17) is 0 Å². The van der Waals surface area contributed by atoms with Crippen LogP contribution in [0.5, 0.6) is 0 Å². The molecule has 0 atom stereocenters. The summed E-state index contributed by atoms with van der Waals surface area (Å²) < 4.78 is 13.7. The molecule has 0 bridgehead atoms. The van der Waals surface area contributed by atoms with Crippen molar-refractivity contribution in [1.82, 2.24) is 4.90 Å². The Labute approximate surface area is 135 Å². The van der Waals surface area contributed by atoms with Crippen molar-refractivity contribution in [3.63, 3.8) is 0 Å². The van der Waals surface area contributed by atoms with Gasteiger partial charge in [0.2, 0.25) is 0 Å². The fraction of sp³-hybridized carbons (Fsp3) is 0.529. The van der Waals surface area contributed by atoms with E-state index >= 15 is 0 Å². The molecule has 1 heterocycles. The van der Waals surface area contributed by atoms with Crippen LogP contribution in [0.4, 0.5) is 10.1 Å². The second kappa shape index (κ2) is 7.08. The van der Waals surface area contributed by atoms with Crippen LogP contribution in [0.2, 0.25) is 0 Å². The van der Waals surface area contributed by atoms with Crippen molar-refractivity contribution < 1.29 is 19.1 Å². The van der Waals surface area contributed by atoms with Gasteiger partial charge in [0.25, 0.3) is 0 Å². The van der Waals surface area contributed by atoms with E-state index in [9.17, 15) is 19.1 Å². The Hall–Kier alpha value is -1.95. The van der Waals surface area contributed by atoms with Gasteiger partial charge in [-0.15, -0.1) is 0 Å².